The van der Waals surface area contributed by atoms with Crippen LogP contribution in [0.4, 0.5) is 0 Å². The summed E-state index contributed by atoms with van der Waals surface area (Å²) in [5.41, 5.74) is 12.1. The molecule has 1 saturated carbocycles. The first kappa shape index (κ1) is 34.4. The molecule has 232 valence electrons. The number of benzene rings is 2. The number of nitrogens with one attached hydrogen (secondary N) is 1. The fourth-order valence-electron chi connectivity index (χ4n) is 6.50. The number of rotatable bonds is 15. The Bertz CT molecular complexity index is 1310. The lowest BCUT2D eigenvalue weighted by Crippen LogP contribution is -2.16. The van der Waals surface area contributed by atoms with Crippen LogP contribution in [0.3, 0.4) is 0 Å². The lowest BCUT2D eigenvalue weighted by Gasteiger charge is -2.27. The maximum absolute atomic E-state index is 12.2. The van der Waals surface area contributed by atoms with E-state index in [4.69, 9.17) is 0 Å². The highest BCUT2D eigenvalue weighted by atomic mass is 16.1. The fraction of sp³-hybridized carbons (Fsp3) is 0.488. The van der Waals surface area contributed by atoms with E-state index < -0.39 is 0 Å². The van der Waals surface area contributed by atoms with Crippen molar-refractivity contribution in [2.24, 2.45) is 17.8 Å². The maximum atomic E-state index is 12.2. The van der Waals surface area contributed by atoms with Crippen molar-refractivity contribution in [1.29, 1.82) is 0 Å². The minimum absolute atomic E-state index is 0.0356. The maximum Gasteiger partial charge on any atom is 0.244 e. The van der Waals surface area contributed by atoms with Gasteiger partial charge in [-0.15, -0.1) is 0 Å². The first-order chi connectivity index (χ1) is 20.7. The number of unbranched alkanes of at least 4 members (excludes halogenated alkanes) is 1. The van der Waals surface area contributed by atoms with Gasteiger partial charge in [0.1, 0.15) is 0 Å². The zero-order valence-corrected chi connectivity index (χ0v) is 28.4. The van der Waals surface area contributed by atoms with E-state index in [0.717, 1.165) is 42.7 Å². The molecule has 2 atom stereocenters. The molecule has 0 aromatic heterocycles. The van der Waals surface area contributed by atoms with Gasteiger partial charge in [0.05, 0.1) is 0 Å². The number of amides is 1. The van der Waals surface area contributed by atoms with Crippen LogP contribution in [0.25, 0.3) is 11.1 Å². The summed E-state index contributed by atoms with van der Waals surface area (Å²) in [4.78, 5) is 12.2. The molecule has 0 spiro atoms. The van der Waals surface area contributed by atoms with Crippen LogP contribution in [-0.2, 0) is 17.6 Å². The molecule has 1 N–H and O–H groups in total. The van der Waals surface area contributed by atoms with E-state index in [2.05, 4.69) is 114 Å². The third kappa shape index (κ3) is 10.2. The van der Waals surface area contributed by atoms with E-state index in [9.17, 15) is 4.79 Å². The Morgan fingerprint density at radius 3 is 2.19 bits per heavy atom. The van der Waals surface area contributed by atoms with Gasteiger partial charge in [0.15, 0.2) is 0 Å². The van der Waals surface area contributed by atoms with Crippen LogP contribution in [0.2, 0.25) is 0 Å². The van der Waals surface area contributed by atoms with E-state index in [-0.39, 0.29) is 5.91 Å². The number of likely N-dealkylation sites (N-methyl/N-ethyl adjacent to an activating group) is 1. The summed E-state index contributed by atoms with van der Waals surface area (Å²) in [6.07, 6.45) is 17.4. The van der Waals surface area contributed by atoms with Gasteiger partial charge in [0.25, 0.3) is 0 Å². The van der Waals surface area contributed by atoms with Gasteiger partial charge in [0, 0.05) is 13.1 Å². The average Bonchev–Trinajstić information content (AvgIpc) is 2.94. The summed E-state index contributed by atoms with van der Waals surface area (Å²) in [6, 6.07) is 18.1. The summed E-state index contributed by atoms with van der Waals surface area (Å²) >= 11 is 0. The predicted octanol–water partition coefficient (Wildman–Crippen LogP) is 10.9. The first-order valence-corrected chi connectivity index (χ1v) is 16.8. The summed E-state index contributed by atoms with van der Waals surface area (Å²) in [5.74, 6) is 1.58. The molecule has 2 aromatic carbocycles. The van der Waals surface area contributed by atoms with Gasteiger partial charge in [-0.1, -0.05) is 113 Å². The van der Waals surface area contributed by atoms with Gasteiger partial charge in [-0.25, -0.2) is 0 Å². The molecule has 2 heteroatoms. The number of allylic oxidation sites excluding steroid dienone is 7. The molecule has 2 nitrogen and oxygen atoms in total. The number of hydrogen-bond donors (Lipinski definition) is 1. The molecular formula is C41H57NO. The van der Waals surface area contributed by atoms with E-state index in [1.807, 2.05) is 0 Å². The molecule has 0 radical (unpaired) electrons. The fourth-order valence-corrected chi connectivity index (χ4v) is 6.50. The number of carbonyl (C=O) groups is 1. The smallest absolute Gasteiger partial charge is 0.244 e. The molecule has 2 unspecified atom stereocenters. The van der Waals surface area contributed by atoms with Gasteiger partial charge in [0.2, 0.25) is 5.91 Å². The van der Waals surface area contributed by atoms with Crippen molar-refractivity contribution < 1.29 is 4.79 Å². The SMILES string of the molecule is CCC/C=C(/C=C(/C)C(=C(C)C)c1cccc(CC(C)Cc2ccc(/C(=C/C(=O)NC)C(C)CCC)cc2)c1)C1CCC1. The van der Waals surface area contributed by atoms with Gasteiger partial charge < -0.3 is 5.32 Å². The average molecular weight is 580 g/mol. The van der Waals surface area contributed by atoms with Crippen LogP contribution in [0, 0.1) is 17.8 Å². The Hall–Kier alpha value is -3.13. The molecule has 2 aromatic rings. The second-order valence-corrected chi connectivity index (χ2v) is 13.1. The lowest BCUT2D eigenvalue weighted by molar-refractivity contribution is -0.116. The molecule has 1 amide bonds. The van der Waals surface area contributed by atoms with Crippen LogP contribution >= 0.6 is 0 Å². The zero-order chi connectivity index (χ0) is 31.4. The molecule has 0 aliphatic heterocycles. The first-order valence-electron chi connectivity index (χ1n) is 16.8. The molecule has 0 heterocycles. The van der Waals surface area contributed by atoms with E-state index in [0.29, 0.717) is 11.8 Å². The van der Waals surface area contributed by atoms with Crippen molar-refractivity contribution in [1.82, 2.24) is 5.32 Å². The summed E-state index contributed by atoms with van der Waals surface area (Å²) < 4.78 is 0. The third-order valence-electron chi connectivity index (χ3n) is 8.98. The minimum Gasteiger partial charge on any atom is -0.356 e. The Labute approximate surface area is 263 Å². The van der Waals surface area contributed by atoms with Gasteiger partial charge in [-0.05, 0) is 122 Å². The Kier molecular flexibility index (Phi) is 13.8. The predicted molar refractivity (Wildman–Crippen MR) is 188 cm³/mol. The van der Waals surface area contributed by atoms with Crippen LogP contribution in [0.15, 0.2) is 83.5 Å². The molecule has 1 fully saturated rings. The van der Waals surface area contributed by atoms with Gasteiger partial charge in [-0.3, -0.25) is 4.79 Å². The van der Waals surface area contributed by atoms with Crippen molar-refractivity contribution >= 4 is 17.1 Å². The molecule has 1 aliphatic carbocycles. The Morgan fingerprint density at radius 2 is 1.60 bits per heavy atom. The van der Waals surface area contributed by atoms with Gasteiger partial charge in [-0.2, -0.15) is 0 Å². The highest BCUT2D eigenvalue weighted by Crippen LogP contribution is 2.37. The van der Waals surface area contributed by atoms with Crippen LogP contribution in [0.1, 0.15) is 116 Å². The van der Waals surface area contributed by atoms with Crippen molar-refractivity contribution in [2.45, 2.75) is 106 Å². The van der Waals surface area contributed by atoms with E-state index >= 15 is 0 Å². The molecule has 1 aliphatic rings. The minimum atomic E-state index is -0.0356. The van der Waals surface area contributed by atoms with E-state index in [1.54, 1.807) is 18.7 Å². The molecule has 0 saturated heterocycles. The van der Waals surface area contributed by atoms with E-state index in [1.165, 1.54) is 65.5 Å². The van der Waals surface area contributed by atoms with Crippen LogP contribution in [-0.4, -0.2) is 13.0 Å². The highest BCUT2D eigenvalue weighted by Gasteiger charge is 2.21. The summed E-state index contributed by atoms with van der Waals surface area (Å²) in [7, 11) is 1.69. The lowest BCUT2D eigenvalue weighted by atomic mass is 9.78. The van der Waals surface area contributed by atoms with Crippen molar-refractivity contribution in [3.8, 4) is 0 Å². The van der Waals surface area contributed by atoms with Crippen LogP contribution in [0.5, 0.6) is 0 Å². The highest BCUT2D eigenvalue weighted by molar-refractivity contribution is 5.95. The summed E-state index contributed by atoms with van der Waals surface area (Å²) in [5, 5.41) is 2.75. The van der Waals surface area contributed by atoms with Crippen LogP contribution < -0.4 is 5.32 Å². The number of hydrogen-bond acceptors (Lipinski definition) is 1. The second-order valence-electron chi connectivity index (χ2n) is 13.1. The Balaban J connectivity index is 1.74. The number of carbonyl (C=O) groups excluding carboxylic acids is 1. The standard InChI is InChI=1S/C41H57NO/c1-9-11-16-37(35-17-13-18-35)26-32(7)41(29(3)4)38-19-12-15-34(27-38)25-30(5)24-33-20-22-36(23-21-33)39(28-40(43)42-8)31(6)14-10-2/h12,15-16,19-23,26-28,30-31,35H,9-11,13-14,17-18,24-25H2,1-8H3,(H,42,43)/b32-26-,37-16-,39-28+. The molecule has 0 bridgehead atoms. The monoisotopic (exact) mass is 579 g/mol. The summed E-state index contributed by atoms with van der Waals surface area (Å²) in [6.45, 7) is 15.9. The molecule has 3 rings (SSSR count). The van der Waals surface area contributed by atoms with Crippen molar-refractivity contribution in [2.75, 3.05) is 7.05 Å². The van der Waals surface area contributed by atoms with Gasteiger partial charge >= 0.3 is 0 Å². The molecule has 43 heavy (non-hydrogen) atoms. The Morgan fingerprint density at radius 1 is 0.907 bits per heavy atom. The topological polar surface area (TPSA) is 29.1 Å². The van der Waals surface area contributed by atoms with Crippen molar-refractivity contribution in [3.05, 3.63) is 106 Å². The quantitative estimate of drug-likeness (QED) is 0.165. The zero-order valence-electron chi connectivity index (χ0n) is 28.4. The third-order valence-corrected chi connectivity index (χ3v) is 8.98. The molecular weight excluding hydrogens is 522 g/mol. The largest absolute Gasteiger partial charge is 0.356 e. The normalized spacial score (nSPS) is 16.0. The second kappa shape index (κ2) is 17.2. The van der Waals surface area contributed by atoms with Crippen molar-refractivity contribution in [3.63, 3.8) is 0 Å².